The molecule has 0 unspecified atom stereocenters. The lowest BCUT2D eigenvalue weighted by Crippen LogP contribution is -2.62. The molecule has 5 rings (SSSR count). The highest BCUT2D eigenvalue weighted by molar-refractivity contribution is 6.31. The van der Waals surface area contributed by atoms with Gasteiger partial charge in [0, 0.05) is 24.5 Å². The Labute approximate surface area is 243 Å². The van der Waals surface area contributed by atoms with E-state index >= 15 is 0 Å². The summed E-state index contributed by atoms with van der Waals surface area (Å²) in [5, 5.41) is 51.1. The van der Waals surface area contributed by atoms with Crippen LogP contribution in [0.2, 0.25) is 5.02 Å². The van der Waals surface area contributed by atoms with Crippen LogP contribution >= 0.6 is 11.6 Å². The number of rotatable bonds is 7. The zero-order valence-corrected chi connectivity index (χ0v) is 22.9. The van der Waals surface area contributed by atoms with Gasteiger partial charge < -0.3 is 30.1 Å². The van der Waals surface area contributed by atoms with Crippen molar-refractivity contribution in [2.45, 2.75) is 74.8 Å². The van der Waals surface area contributed by atoms with Crippen molar-refractivity contribution < 1.29 is 43.1 Å². The van der Waals surface area contributed by atoms with Gasteiger partial charge in [-0.3, -0.25) is 9.78 Å². The van der Waals surface area contributed by atoms with Crippen LogP contribution in [0.1, 0.15) is 37.3 Å². The van der Waals surface area contributed by atoms with E-state index in [4.69, 9.17) is 16.3 Å². The Hall–Kier alpha value is -3.14. The standard InChI is InChI=1S/C27H29ClF3N5O6/c28-15-9-32-6-5-13(15)10-35(19-3-1-2-4-20(19)38)27(41)26-25(40)23(24(39)21(12-37)42-26)36-11-18(33-34-36)14-7-16(29)22(31)17(30)8-14/h5-9,11,19-21,23-26,37-40H,1-4,10,12H2/t19-,20-,21+,23-,24-,25+,26+/m0/s1. The van der Waals surface area contributed by atoms with E-state index < -0.39 is 72.6 Å². The van der Waals surface area contributed by atoms with Gasteiger partial charge in [-0.05, 0) is 36.6 Å². The monoisotopic (exact) mass is 611 g/mol. The molecule has 1 saturated heterocycles. The Kier molecular flexibility index (Phi) is 9.11. The summed E-state index contributed by atoms with van der Waals surface area (Å²) in [6, 6.07) is 1.01. The first-order valence-corrected chi connectivity index (χ1v) is 13.7. The maximum atomic E-state index is 14.1. The van der Waals surface area contributed by atoms with E-state index in [1.165, 1.54) is 17.3 Å². The van der Waals surface area contributed by atoms with Crippen molar-refractivity contribution in [2.75, 3.05) is 6.61 Å². The van der Waals surface area contributed by atoms with Crippen LogP contribution in [-0.4, -0.2) is 94.4 Å². The molecular weight excluding hydrogens is 583 g/mol. The highest BCUT2D eigenvalue weighted by Crippen LogP contribution is 2.34. The second kappa shape index (κ2) is 12.6. The van der Waals surface area contributed by atoms with Crippen molar-refractivity contribution in [3.05, 3.63) is 64.8 Å². The Morgan fingerprint density at radius 2 is 1.83 bits per heavy atom. The number of aliphatic hydroxyl groups excluding tert-OH is 4. The summed E-state index contributed by atoms with van der Waals surface area (Å²) < 4.78 is 47.8. The van der Waals surface area contributed by atoms with Gasteiger partial charge in [-0.25, -0.2) is 17.9 Å². The number of ether oxygens (including phenoxy) is 1. The molecule has 1 saturated carbocycles. The predicted molar refractivity (Wildman–Crippen MR) is 140 cm³/mol. The Morgan fingerprint density at radius 1 is 1.12 bits per heavy atom. The largest absolute Gasteiger partial charge is 0.394 e. The summed E-state index contributed by atoms with van der Waals surface area (Å²) in [4.78, 5) is 19.4. The van der Waals surface area contributed by atoms with Crippen LogP contribution in [0.3, 0.4) is 0 Å². The summed E-state index contributed by atoms with van der Waals surface area (Å²) in [6.45, 7) is -0.771. The van der Waals surface area contributed by atoms with E-state index in [-0.39, 0.29) is 22.8 Å². The number of aliphatic hydroxyl groups is 4. The molecular formula is C27H29ClF3N5O6. The highest BCUT2D eigenvalue weighted by atomic mass is 35.5. The van der Waals surface area contributed by atoms with Crippen LogP contribution in [0.4, 0.5) is 13.2 Å². The van der Waals surface area contributed by atoms with Crippen molar-refractivity contribution in [2.24, 2.45) is 0 Å². The van der Waals surface area contributed by atoms with Crippen LogP contribution in [0.15, 0.2) is 36.8 Å². The molecule has 42 heavy (non-hydrogen) atoms. The number of pyridine rings is 1. The minimum atomic E-state index is -1.75. The molecule has 1 amide bonds. The van der Waals surface area contributed by atoms with Crippen molar-refractivity contribution in [3.8, 4) is 11.3 Å². The zero-order valence-electron chi connectivity index (χ0n) is 22.1. The number of hydrogen-bond acceptors (Lipinski definition) is 9. The molecule has 3 aromatic rings. The average molecular weight is 612 g/mol. The summed E-state index contributed by atoms with van der Waals surface area (Å²) in [5.41, 5.74) is 0.270. The highest BCUT2D eigenvalue weighted by Gasteiger charge is 2.50. The molecule has 1 aliphatic heterocycles. The molecule has 2 aliphatic rings. The molecule has 3 heterocycles. The quantitative estimate of drug-likeness (QED) is 0.293. The molecule has 11 nitrogen and oxygen atoms in total. The first-order valence-electron chi connectivity index (χ1n) is 13.4. The van der Waals surface area contributed by atoms with E-state index in [9.17, 15) is 38.4 Å². The minimum absolute atomic E-state index is 0.0410. The smallest absolute Gasteiger partial charge is 0.255 e. The summed E-state index contributed by atoms with van der Waals surface area (Å²) >= 11 is 6.32. The van der Waals surface area contributed by atoms with Crippen LogP contribution in [-0.2, 0) is 16.1 Å². The van der Waals surface area contributed by atoms with Crippen molar-refractivity contribution in [3.63, 3.8) is 0 Å². The summed E-state index contributed by atoms with van der Waals surface area (Å²) in [7, 11) is 0. The van der Waals surface area contributed by atoms with Crippen molar-refractivity contribution >= 4 is 17.5 Å². The predicted octanol–water partition coefficient (Wildman–Crippen LogP) is 1.77. The van der Waals surface area contributed by atoms with Crippen molar-refractivity contribution in [1.82, 2.24) is 24.9 Å². The van der Waals surface area contributed by atoms with Crippen LogP contribution in [0.5, 0.6) is 0 Å². The van der Waals surface area contributed by atoms with E-state index in [2.05, 4.69) is 15.3 Å². The molecule has 0 radical (unpaired) electrons. The fraction of sp³-hybridized carbons (Fsp3) is 0.481. The first-order chi connectivity index (χ1) is 20.1. The molecule has 15 heteroatoms. The molecule has 0 bridgehead atoms. The second-order valence-corrected chi connectivity index (χ2v) is 10.8. The third kappa shape index (κ3) is 5.87. The molecule has 7 atom stereocenters. The van der Waals surface area contributed by atoms with Gasteiger partial charge in [0.1, 0.15) is 30.0 Å². The molecule has 0 spiro atoms. The number of aromatic nitrogens is 4. The number of halogens is 4. The first kappa shape index (κ1) is 30.3. The van der Waals surface area contributed by atoms with Gasteiger partial charge >= 0.3 is 0 Å². The number of hydrogen-bond donors (Lipinski definition) is 4. The van der Waals surface area contributed by atoms with Crippen LogP contribution in [0.25, 0.3) is 11.3 Å². The number of nitrogens with zero attached hydrogens (tertiary/aromatic N) is 5. The summed E-state index contributed by atoms with van der Waals surface area (Å²) in [6.07, 6.45) is -0.631. The van der Waals surface area contributed by atoms with E-state index in [1.54, 1.807) is 6.07 Å². The van der Waals surface area contributed by atoms with Gasteiger partial charge in [0.15, 0.2) is 23.6 Å². The lowest BCUT2D eigenvalue weighted by atomic mass is 9.88. The van der Waals surface area contributed by atoms with Crippen molar-refractivity contribution in [1.29, 1.82) is 0 Å². The van der Waals surface area contributed by atoms with Gasteiger partial charge in [-0.1, -0.05) is 29.7 Å². The molecule has 2 aromatic heterocycles. The maximum absolute atomic E-state index is 14.1. The average Bonchev–Trinajstić information content (AvgIpc) is 3.45. The lowest BCUT2D eigenvalue weighted by molar-refractivity contribution is -0.214. The fourth-order valence-corrected chi connectivity index (χ4v) is 5.75. The molecule has 1 aromatic carbocycles. The molecule has 1 aliphatic carbocycles. The van der Waals surface area contributed by atoms with Gasteiger partial charge in [0.05, 0.1) is 30.0 Å². The summed E-state index contributed by atoms with van der Waals surface area (Å²) in [5.74, 6) is -5.28. The third-order valence-electron chi connectivity index (χ3n) is 7.81. The zero-order chi connectivity index (χ0) is 30.1. The topological polar surface area (TPSA) is 154 Å². The lowest BCUT2D eigenvalue weighted by Gasteiger charge is -2.45. The van der Waals surface area contributed by atoms with Crippen LogP contribution in [0, 0.1) is 17.5 Å². The molecule has 226 valence electrons. The Bertz CT molecular complexity index is 1410. The molecule has 4 N–H and O–H groups in total. The minimum Gasteiger partial charge on any atom is -0.394 e. The Morgan fingerprint density at radius 3 is 2.50 bits per heavy atom. The van der Waals surface area contributed by atoms with E-state index in [0.29, 0.717) is 30.5 Å². The molecule has 2 fully saturated rings. The normalized spacial score (nSPS) is 28.0. The van der Waals surface area contributed by atoms with E-state index in [0.717, 1.165) is 23.7 Å². The number of carbonyl (C=O) groups excluding carboxylic acids is 1. The fourth-order valence-electron chi connectivity index (χ4n) is 5.57. The Balaban J connectivity index is 1.48. The van der Waals surface area contributed by atoms with Gasteiger partial charge in [-0.2, -0.15) is 0 Å². The second-order valence-electron chi connectivity index (χ2n) is 10.4. The van der Waals surface area contributed by atoms with E-state index in [1.807, 2.05) is 0 Å². The number of amides is 1. The third-order valence-corrected chi connectivity index (χ3v) is 8.15. The number of benzene rings is 1. The number of carbonyl (C=O) groups is 1. The van der Waals surface area contributed by atoms with Crippen LogP contribution < -0.4 is 0 Å². The van der Waals surface area contributed by atoms with Gasteiger partial charge in [0.2, 0.25) is 0 Å². The van der Waals surface area contributed by atoms with Gasteiger partial charge in [-0.15, -0.1) is 5.10 Å². The van der Waals surface area contributed by atoms with Gasteiger partial charge in [0.25, 0.3) is 5.91 Å². The SMILES string of the molecule is O=C([C@@H]1O[C@H](CO)[C@H](O)[C@H](n2cc(-c3cc(F)c(F)c(F)c3)nn2)[C@H]1O)N(Cc1ccncc1Cl)[C@H]1CCCC[C@@H]1O. The maximum Gasteiger partial charge on any atom is 0.255 e.